The minimum Gasteiger partial charge on any atom is -0.497 e. The van der Waals surface area contributed by atoms with Gasteiger partial charge in [0.25, 0.3) is 0 Å². The number of fused-ring (bicyclic) bond motifs is 5. The van der Waals surface area contributed by atoms with Gasteiger partial charge in [-0.15, -0.1) is 0 Å². The monoisotopic (exact) mass is 369 g/mol. The van der Waals surface area contributed by atoms with Crippen molar-refractivity contribution in [3.05, 3.63) is 41.7 Å². The first-order valence-electron chi connectivity index (χ1n) is 9.75. The van der Waals surface area contributed by atoms with Crippen LogP contribution in [0, 0.1) is 11.8 Å². The summed E-state index contributed by atoms with van der Waals surface area (Å²) in [5.74, 6) is 0.144. The molecule has 0 aliphatic carbocycles. The van der Waals surface area contributed by atoms with Crippen molar-refractivity contribution in [2.75, 3.05) is 25.5 Å². The maximum Gasteiger partial charge on any atom is 0.337 e. The molecule has 1 spiro atoms. The van der Waals surface area contributed by atoms with Crippen molar-refractivity contribution in [2.45, 2.75) is 37.3 Å². The average molecular weight is 369 g/mol. The van der Waals surface area contributed by atoms with Gasteiger partial charge < -0.3 is 19.7 Å². The zero-order chi connectivity index (χ0) is 18.8. The van der Waals surface area contributed by atoms with Crippen LogP contribution < -0.4 is 10.2 Å². The number of carbonyl (C=O) groups excluding carboxylic acids is 2. The molecular weight excluding hydrogens is 344 g/mol. The highest BCUT2D eigenvalue weighted by Crippen LogP contribution is 2.48. The van der Waals surface area contributed by atoms with Crippen molar-refractivity contribution < 1.29 is 24.0 Å². The van der Waals surface area contributed by atoms with Crippen molar-refractivity contribution in [1.29, 1.82) is 0 Å². The fourth-order valence-corrected chi connectivity index (χ4v) is 6.01. The molecular formula is C21H25N2O4+. The number of benzene rings is 1. The second-order valence-corrected chi connectivity index (χ2v) is 8.30. The third-order valence-corrected chi connectivity index (χ3v) is 7.33. The number of amides is 1. The van der Waals surface area contributed by atoms with Gasteiger partial charge >= 0.3 is 5.97 Å². The fourth-order valence-electron chi connectivity index (χ4n) is 6.01. The van der Waals surface area contributed by atoms with Gasteiger partial charge in [0, 0.05) is 24.4 Å². The van der Waals surface area contributed by atoms with Gasteiger partial charge in [0.15, 0.2) is 0 Å². The minimum absolute atomic E-state index is 0.0677. The summed E-state index contributed by atoms with van der Waals surface area (Å²) < 4.78 is 10.8. The molecule has 27 heavy (non-hydrogen) atoms. The molecule has 2 fully saturated rings. The Morgan fingerprint density at radius 1 is 1.37 bits per heavy atom. The predicted octanol–water partition coefficient (Wildman–Crippen LogP) is 0.645. The van der Waals surface area contributed by atoms with E-state index in [1.54, 1.807) is 6.26 Å². The molecule has 5 rings (SSSR count). The number of ether oxygens (including phenoxy) is 2. The number of piperidine rings is 1. The third-order valence-electron chi connectivity index (χ3n) is 7.33. The molecule has 6 heteroatoms. The van der Waals surface area contributed by atoms with Crippen LogP contribution >= 0.6 is 0 Å². The molecule has 1 amide bonds. The first kappa shape index (κ1) is 16.8. The molecule has 2 N–H and O–H groups in total. The number of para-hydroxylation sites is 1. The summed E-state index contributed by atoms with van der Waals surface area (Å²) in [6, 6.07) is 8.22. The number of hydrogen-bond donors (Lipinski definition) is 2. The van der Waals surface area contributed by atoms with Crippen molar-refractivity contribution >= 4 is 17.6 Å². The zero-order valence-corrected chi connectivity index (χ0v) is 15.7. The lowest BCUT2D eigenvalue weighted by Crippen LogP contribution is -3.17. The number of methoxy groups -OCH3 is 1. The van der Waals surface area contributed by atoms with Crippen LogP contribution in [0.25, 0.3) is 0 Å². The van der Waals surface area contributed by atoms with Crippen LogP contribution in [-0.4, -0.2) is 44.2 Å². The number of nitrogens with one attached hydrogen (secondary N) is 2. The Labute approximate surface area is 158 Å². The summed E-state index contributed by atoms with van der Waals surface area (Å²) in [6.07, 6.45) is 3.31. The van der Waals surface area contributed by atoms with Crippen LogP contribution in [-0.2, 0) is 24.5 Å². The number of carbonyl (C=O) groups is 2. The zero-order valence-electron chi connectivity index (χ0n) is 15.7. The first-order valence-corrected chi connectivity index (χ1v) is 9.75. The Morgan fingerprint density at radius 3 is 3.00 bits per heavy atom. The molecule has 0 bridgehead atoms. The number of esters is 1. The molecule has 4 aliphatic heterocycles. The molecule has 1 aromatic rings. The lowest BCUT2D eigenvalue weighted by molar-refractivity contribution is -0.925. The first-order chi connectivity index (χ1) is 13.1. The van der Waals surface area contributed by atoms with Crippen LogP contribution in [0.15, 0.2) is 36.1 Å². The van der Waals surface area contributed by atoms with Gasteiger partial charge in [-0.1, -0.05) is 18.2 Å². The maximum absolute atomic E-state index is 13.2. The van der Waals surface area contributed by atoms with Crippen LogP contribution in [0.1, 0.15) is 25.3 Å². The van der Waals surface area contributed by atoms with Crippen LogP contribution in [0.2, 0.25) is 0 Å². The quantitative estimate of drug-likeness (QED) is 0.713. The van der Waals surface area contributed by atoms with E-state index in [1.807, 2.05) is 18.2 Å². The Balaban J connectivity index is 1.55. The second kappa shape index (κ2) is 5.83. The predicted molar refractivity (Wildman–Crippen MR) is 98.1 cm³/mol. The van der Waals surface area contributed by atoms with Crippen LogP contribution in [0.3, 0.4) is 0 Å². The largest absolute Gasteiger partial charge is 0.497 e. The Morgan fingerprint density at radius 2 is 2.19 bits per heavy atom. The molecule has 4 aliphatic rings. The normalized spacial score (nSPS) is 39.0. The molecule has 2 saturated heterocycles. The Kier molecular flexibility index (Phi) is 3.63. The van der Waals surface area contributed by atoms with Gasteiger partial charge in [-0.2, -0.15) is 0 Å². The molecule has 6 nitrogen and oxygen atoms in total. The summed E-state index contributed by atoms with van der Waals surface area (Å²) in [7, 11) is 1.41. The van der Waals surface area contributed by atoms with E-state index in [4.69, 9.17) is 9.47 Å². The Hall–Kier alpha value is -2.34. The summed E-state index contributed by atoms with van der Waals surface area (Å²) in [4.78, 5) is 27.0. The van der Waals surface area contributed by atoms with Crippen molar-refractivity contribution in [1.82, 2.24) is 0 Å². The third kappa shape index (κ3) is 2.16. The van der Waals surface area contributed by atoms with E-state index in [9.17, 15) is 9.59 Å². The van der Waals surface area contributed by atoms with Crippen molar-refractivity contribution in [2.24, 2.45) is 11.8 Å². The highest BCUT2D eigenvalue weighted by atomic mass is 16.5. The lowest BCUT2D eigenvalue weighted by Gasteiger charge is -2.45. The van der Waals surface area contributed by atoms with E-state index < -0.39 is 5.41 Å². The van der Waals surface area contributed by atoms with Gasteiger partial charge in [-0.3, -0.25) is 4.79 Å². The summed E-state index contributed by atoms with van der Waals surface area (Å²) in [6.45, 7) is 3.97. The van der Waals surface area contributed by atoms with Crippen LogP contribution in [0.4, 0.5) is 5.69 Å². The number of hydrogen-bond acceptors (Lipinski definition) is 4. The molecule has 1 aromatic carbocycles. The molecule has 0 saturated carbocycles. The standard InChI is InChI=1S/C21H24N2O4/c1-12-14-10-23-8-7-21(16-5-3-4-6-17(16)22-20(21)25)18(23)9-13(14)15(11-27-12)19(24)26-2/h3-6,11-14,18H,7-10H2,1-2H3,(H,22,25)/p+1/t12-,13-,14-,18-,21+/m1/s1. The number of quaternary nitrogens is 1. The van der Waals surface area contributed by atoms with Gasteiger partial charge in [0.05, 0.1) is 38.0 Å². The van der Waals surface area contributed by atoms with E-state index in [2.05, 4.69) is 18.3 Å². The fraction of sp³-hybridized carbons (Fsp3) is 0.524. The lowest BCUT2D eigenvalue weighted by atomic mass is 9.66. The maximum atomic E-state index is 13.2. The average Bonchev–Trinajstić information content (AvgIpc) is 3.20. The van der Waals surface area contributed by atoms with E-state index in [1.165, 1.54) is 12.0 Å². The van der Waals surface area contributed by atoms with E-state index in [-0.39, 0.29) is 35.9 Å². The van der Waals surface area contributed by atoms with Gasteiger partial charge in [-0.05, 0) is 18.6 Å². The van der Waals surface area contributed by atoms with E-state index >= 15 is 0 Å². The van der Waals surface area contributed by atoms with Gasteiger partial charge in [0.1, 0.15) is 17.6 Å². The molecule has 4 heterocycles. The summed E-state index contributed by atoms with van der Waals surface area (Å²) >= 11 is 0. The van der Waals surface area contributed by atoms with E-state index in [0.717, 1.165) is 37.2 Å². The highest BCUT2D eigenvalue weighted by molar-refractivity contribution is 6.07. The SMILES string of the molecule is COC(=O)C1=CO[C@H](C)[C@H]2C[NH+]3CC[C@@]4(C(=O)Nc5ccccc54)[C@H]3C[C@@H]12. The number of rotatable bonds is 1. The van der Waals surface area contributed by atoms with E-state index in [0.29, 0.717) is 5.57 Å². The van der Waals surface area contributed by atoms with Gasteiger partial charge in [0.2, 0.25) is 5.91 Å². The summed E-state index contributed by atoms with van der Waals surface area (Å²) in [5, 5.41) is 3.11. The van der Waals surface area contributed by atoms with Gasteiger partial charge in [-0.25, -0.2) is 4.79 Å². The number of anilines is 1. The molecule has 142 valence electrons. The molecule has 0 aromatic heterocycles. The minimum atomic E-state index is -0.486. The Bertz CT molecular complexity index is 850. The molecule has 6 atom stereocenters. The smallest absolute Gasteiger partial charge is 0.337 e. The van der Waals surface area contributed by atoms with Crippen molar-refractivity contribution in [3.8, 4) is 0 Å². The summed E-state index contributed by atoms with van der Waals surface area (Å²) in [5.41, 5.74) is 2.19. The second-order valence-electron chi connectivity index (χ2n) is 8.30. The van der Waals surface area contributed by atoms with Crippen molar-refractivity contribution in [3.63, 3.8) is 0 Å². The topological polar surface area (TPSA) is 69.1 Å². The molecule has 0 radical (unpaired) electrons. The van der Waals surface area contributed by atoms with Crippen LogP contribution in [0.5, 0.6) is 0 Å². The molecule has 1 unspecified atom stereocenters. The highest BCUT2D eigenvalue weighted by Gasteiger charge is 2.64.